The number of hydrogen-bond acceptors (Lipinski definition) is 4. The van der Waals surface area contributed by atoms with Crippen LogP contribution < -0.4 is 0 Å². The van der Waals surface area contributed by atoms with E-state index in [1.165, 1.54) is 11.1 Å². The van der Waals surface area contributed by atoms with Gasteiger partial charge >= 0.3 is 0 Å². The largest absolute Gasteiger partial charge is 0.323 e. The van der Waals surface area contributed by atoms with Crippen molar-refractivity contribution in [3.63, 3.8) is 0 Å². The number of para-hydroxylation sites is 2. The van der Waals surface area contributed by atoms with Gasteiger partial charge in [-0.25, -0.2) is 9.97 Å². The van der Waals surface area contributed by atoms with Gasteiger partial charge in [-0.2, -0.15) is 0 Å². The molecule has 0 amide bonds. The number of hydrogen-bond donors (Lipinski definition) is 0. The van der Waals surface area contributed by atoms with Crippen molar-refractivity contribution in [1.29, 1.82) is 0 Å². The fourth-order valence-corrected chi connectivity index (χ4v) is 6.10. The van der Waals surface area contributed by atoms with Crippen LogP contribution in [0.1, 0.15) is 22.8 Å². The molecular weight excluding hydrogens is 516 g/mol. The minimum Gasteiger partial charge on any atom is -0.323 e. The standard InChI is InChI=1S/C36H28N6/c1-3-11-25(12-4-1)23-41-33(39-31-21-37-29-17-9-7-15-27(29)35(31)41)19-20-34-40-32-22-38-30-18-10-8-16-28(30)36(32)42(34)24-26-13-5-2-6-14-26/h1-18,21-22H,19-20,23-24H2. The van der Waals surface area contributed by atoms with Crippen LogP contribution in [0.2, 0.25) is 0 Å². The minimum absolute atomic E-state index is 0.746. The molecule has 0 aliphatic rings. The van der Waals surface area contributed by atoms with Gasteiger partial charge in [0.2, 0.25) is 0 Å². The summed E-state index contributed by atoms with van der Waals surface area (Å²) in [6.45, 7) is 1.49. The number of benzene rings is 4. The molecule has 4 heterocycles. The predicted octanol–water partition coefficient (Wildman–Crippen LogP) is 7.36. The maximum Gasteiger partial charge on any atom is 0.110 e. The highest BCUT2D eigenvalue weighted by Gasteiger charge is 2.18. The molecule has 8 aromatic rings. The van der Waals surface area contributed by atoms with Crippen molar-refractivity contribution in [3.05, 3.63) is 144 Å². The van der Waals surface area contributed by atoms with E-state index in [-0.39, 0.29) is 0 Å². The summed E-state index contributed by atoms with van der Waals surface area (Å²) in [6, 6.07) is 37.9. The van der Waals surface area contributed by atoms with Crippen LogP contribution in [0.15, 0.2) is 122 Å². The van der Waals surface area contributed by atoms with Crippen molar-refractivity contribution < 1.29 is 0 Å². The number of aryl methyl sites for hydroxylation is 2. The molecule has 0 unspecified atom stereocenters. The van der Waals surface area contributed by atoms with Gasteiger partial charge in [0.1, 0.15) is 22.7 Å². The third-order valence-corrected chi connectivity index (χ3v) is 8.06. The van der Waals surface area contributed by atoms with Crippen LogP contribution in [0.4, 0.5) is 0 Å². The number of aromatic nitrogens is 6. The molecule has 4 aromatic carbocycles. The molecule has 0 radical (unpaired) electrons. The Morgan fingerprint density at radius 3 is 1.29 bits per heavy atom. The molecule has 0 fully saturated rings. The highest BCUT2D eigenvalue weighted by molar-refractivity contribution is 6.03. The lowest BCUT2D eigenvalue weighted by atomic mass is 10.1. The Balaban J connectivity index is 1.25. The van der Waals surface area contributed by atoms with Gasteiger partial charge in [-0.1, -0.05) is 97.1 Å². The van der Waals surface area contributed by atoms with E-state index >= 15 is 0 Å². The van der Waals surface area contributed by atoms with Gasteiger partial charge < -0.3 is 9.13 Å². The lowest BCUT2D eigenvalue weighted by Crippen LogP contribution is -2.10. The molecule has 6 nitrogen and oxygen atoms in total. The molecule has 4 aromatic heterocycles. The number of nitrogens with zero attached hydrogens (tertiary/aromatic N) is 6. The number of fused-ring (bicyclic) bond motifs is 6. The van der Waals surface area contributed by atoms with Gasteiger partial charge in [0.25, 0.3) is 0 Å². The molecular formula is C36H28N6. The van der Waals surface area contributed by atoms with E-state index in [4.69, 9.17) is 19.9 Å². The van der Waals surface area contributed by atoms with Gasteiger partial charge in [0.15, 0.2) is 0 Å². The monoisotopic (exact) mass is 544 g/mol. The van der Waals surface area contributed by atoms with E-state index in [2.05, 4.69) is 106 Å². The maximum absolute atomic E-state index is 5.14. The zero-order valence-electron chi connectivity index (χ0n) is 23.1. The molecule has 0 N–H and O–H groups in total. The summed E-state index contributed by atoms with van der Waals surface area (Å²) in [5.41, 5.74) is 8.56. The molecule has 0 saturated heterocycles. The van der Waals surface area contributed by atoms with Crippen LogP contribution in [-0.4, -0.2) is 29.1 Å². The zero-order valence-corrected chi connectivity index (χ0v) is 23.1. The average Bonchev–Trinajstić information content (AvgIpc) is 3.58. The number of imidazole rings is 2. The van der Waals surface area contributed by atoms with Gasteiger partial charge in [-0.3, -0.25) is 9.97 Å². The van der Waals surface area contributed by atoms with E-state index in [1.54, 1.807) is 0 Å². The molecule has 0 aliphatic carbocycles. The van der Waals surface area contributed by atoms with Crippen LogP contribution in [0.5, 0.6) is 0 Å². The van der Waals surface area contributed by atoms with E-state index in [1.807, 2.05) is 24.5 Å². The second-order valence-corrected chi connectivity index (χ2v) is 10.7. The number of pyridine rings is 2. The number of rotatable bonds is 7. The van der Waals surface area contributed by atoms with E-state index in [0.29, 0.717) is 0 Å². The Morgan fingerprint density at radius 1 is 0.429 bits per heavy atom. The zero-order chi connectivity index (χ0) is 27.9. The first-order valence-electron chi connectivity index (χ1n) is 14.4. The summed E-state index contributed by atoms with van der Waals surface area (Å²) < 4.78 is 4.74. The van der Waals surface area contributed by atoms with Crippen molar-refractivity contribution in [2.45, 2.75) is 25.9 Å². The van der Waals surface area contributed by atoms with E-state index < -0.39 is 0 Å². The average molecular weight is 545 g/mol. The van der Waals surface area contributed by atoms with Crippen molar-refractivity contribution in [2.75, 3.05) is 0 Å². The Bertz CT molecular complexity index is 2040. The molecule has 202 valence electrons. The van der Waals surface area contributed by atoms with Crippen LogP contribution in [-0.2, 0) is 25.9 Å². The highest BCUT2D eigenvalue weighted by Crippen LogP contribution is 2.29. The Morgan fingerprint density at radius 2 is 0.833 bits per heavy atom. The summed E-state index contributed by atoms with van der Waals surface area (Å²) in [5, 5.41) is 2.25. The SMILES string of the molecule is c1ccc(Cn2c(CCc3nc4cnc5ccccc5c4n3Cc3ccccc3)nc3cnc4ccccc4c32)cc1. The molecule has 8 rings (SSSR count). The van der Waals surface area contributed by atoms with Crippen LogP contribution in [0, 0.1) is 0 Å². The quantitative estimate of drug-likeness (QED) is 0.210. The van der Waals surface area contributed by atoms with Gasteiger partial charge in [0, 0.05) is 36.7 Å². The maximum atomic E-state index is 5.14. The molecule has 0 saturated carbocycles. The smallest absolute Gasteiger partial charge is 0.110 e. The Labute approximate surface area is 243 Å². The van der Waals surface area contributed by atoms with Crippen molar-refractivity contribution in [1.82, 2.24) is 29.1 Å². The summed E-state index contributed by atoms with van der Waals surface area (Å²) >= 11 is 0. The van der Waals surface area contributed by atoms with Crippen molar-refractivity contribution >= 4 is 43.9 Å². The molecule has 0 atom stereocenters. The summed E-state index contributed by atoms with van der Waals surface area (Å²) in [7, 11) is 0. The third-order valence-electron chi connectivity index (χ3n) is 8.06. The highest BCUT2D eigenvalue weighted by atomic mass is 15.1. The van der Waals surface area contributed by atoms with Crippen molar-refractivity contribution in [2.24, 2.45) is 0 Å². The second-order valence-electron chi connectivity index (χ2n) is 10.7. The molecule has 42 heavy (non-hydrogen) atoms. The fourth-order valence-electron chi connectivity index (χ4n) is 6.10. The topological polar surface area (TPSA) is 61.4 Å². The molecule has 0 bridgehead atoms. The fraction of sp³-hybridized carbons (Fsp3) is 0.111. The third kappa shape index (κ3) is 4.29. The first-order chi connectivity index (χ1) is 20.8. The normalized spacial score (nSPS) is 11.7. The first-order valence-corrected chi connectivity index (χ1v) is 14.4. The molecule has 6 heteroatoms. The Hall–Kier alpha value is -5.36. The van der Waals surface area contributed by atoms with Gasteiger partial charge in [-0.15, -0.1) is 0 Å². The summed E-state index contributed by atoms with van der Waals surface area (Å²) in [4.78, 5) is 19.7. The molecule has 0 aliphatic heterocycles. The van der Waals surface area contributed by atoms with E-state index in [9.17, 15) is 0 Å². The van der Waals surface area contributed by atoms with Crippen LogP contribution in [0.25, 0.3) is 43.9 Å². The summed E-state index contributed by atoms with van der Waals surface area (Å²) in [5.74, 6) is 2.07. The van der Waals surface area contributed by atoms with E-state index in [0.717, 1.165) is 81.5 Å². The Kier molecular flexibility index (Phi) is 5.96. The lowest BCUT2D eigenvalue weighted by Gasteiger charge is -2.13. The lowest BCUT2D eigenvalue weighted by molar-refractivity contribution is 0.685. The van der Waals surface area contributed by atoms with Crippen LogP contribution >= 0.6 is 0 Å². The minimum atomic E-state index is 0.746. The predicted molar refractivity (Wildman–Crippen MR) is 169 cm³/mol. The van der Waals surface area contributed by atoms with Crippen molar-refractivity contribution in [3.8, 4) is 0 Å². The molecule has 0 spiro atoms. The first kappa shape index (κ1) is 24.4. The second kappa shape index (κ2) is 10.2. The van der Waals surface area contributed by atoms with Crippen LogP contribution in [0.3, 0.4) is 0 Å². The van der Waals surface area contributed by atoms with Gasteiger partial charge in [-0.05, 0) is 23.3 Å². The van der Waals surface area contributed by atoms with Gasteiger partial charge in [0.05, 0.1) is 34.5 Å². The summed E-state index contributed by atoms with van der Waals surface area (Å²) in [6.07, 6.45) is 5.31.